The van der Waals surface area contributed by atoms with E-state index >= 15 is 0 Å². The molecule has 5 nitrogen and oxygen atoms in total. The largest absolute Gasteiger partial charge is 0.341 e. The van der Waals surface area contributed by atoms with Crippen molar-refractivity contribution in [2.75, 3.05) is 13.6 Å². The van der Waals surface area contributed by atoms with Crippen molar-refractivity contribution in [1.29, 1.82) is 0 Å². The maximum atomic E-state index is 12.4. The van der Waals surface area contributed by atoms with Crippen molar-refractivity contribution in [3.63, 3.8) is 0 Å². The summed E-state index contributed by atoms with van der Waals surface area (Å²) >= 11 is 0. The van der Waals surface area contributed by atoms with Crippen LogP contribution in [0.25, 0.3) is 11.5 Å². The summed E-state index contributed by atoms with van der Waals surface area (Å²) < 4.78 is 5.28. The SMILES string of the molecule is Cc1ccc(C(=O)N(C)CCc2noc(-c3ccccc3)n2)cc1. The average Bonchev–Trinajstić information content (AvgIpc) is 3.09. The second kappa shape index (κ2) is 7.08. The summed E-state index contributed by atoms with van der Waals surface area (Å²) in [5.41, 5.74) is 2.70. The molecule has 122 valence electrons. The Kier molecular flexibility index (Phi) is 4.70. The van der Waals surface area contributed by atoms with Gasteiger partial charge in [0.05, 0.1) is 0 Å². The van der Waals surface area contributed by atoms with Gasteiger partial charge in [-0.15, -0.1) is 0 Å². The zero-order valence-corrected chi connectivity index (χ0v) is 13.8. The highest BCUT2D eigenvalue weighted by Crippen LogP contribution is 2.16. The van der Waals surface area contributed by atoms with Gasteiger partial charge < -0.3 is 9.42 Å². The number of aryl methyl sites for hydroxylation is 1. The van der Waals surface area contributed by atoms with E-state index < -0.39 is 0 Å². The Bertz CT molecular complexity index is 810. The molecular weight excluding hydrogens is 302 g/mol. The first kappa shape index (κ1) is 15.9. The summed E-state index contributed by atoms with van der Waals surface area (Å²) in [6.07, 6.45) is 0.546. The van der Waals surface area contributed by atoms with Crippen molar-refractivity contribution in [3.05, 3.63) is 71.5 Å². The summed E-state index contributed by atoms with van der Waals surface area (Å²) in [5.74, 6) is 1.08. The molecule has 0 aliphatic carbocycles. The third kappa shape index (κ3) is 3.68. The number of rotatable bonds is 5. The van der Waals surface area contributed by atoms with Crippen molar-refractivity contribution in [1.82, 2.24) is 15.0 Å². The van der Waals surface area contributed by atoms with Crippen LogP contribution < -0.4 is 0 Å². The van der Waals surface area contributed by atoms with Gasteiger partial charge in [0.25, 0.3) is 11.8 Å². The summed E-state index contributed by atoms with van der Waals surface area (Å²) in [4.78, 5) is 18.4. The van der Waals surface area contributed by atoms with Crippen LogP contribution in [0, 0.1) is 6.92 Å². The molecule has 0 saturated heterocycles. The van der Waals surface area contributed by atoms with Gasteiger partial charge in [-0.25, -0.2) is 0 Å². The Hall–Kier alpha value is -2.95. The van der Waals surface area contributed by atoms with E-state index in [0.717, 1.165) is 11.1 Å². The van der Waals surface area contributed by atoms with Gasteiger partial charge >= 0.3 is 0 Å². The molecule has 0 unspecified atom stereocenters. The van der Waals surface area contributed by atoms with Crippen LogP contribution >= 0.6 is 0 Å². The molecule has 5 heteroatoms. The molecule has 0 radical (unpaired) electrons. The summed E-state index contributed by atoms with van der Waals surface area (Å²) in [5, 5.41) is 3.98. The quantitative estimate of drug-likeness (QED) is 0.723. The minimum Gasteiger partial charge on any atom is -0.341 e. The third-order valence-corrected chi connectivity index (χ3v) is 3.80. The average molecular weight is 321 g/mol. The Balaban J connectivity index is 1.60. The molecule has 0 fully saturated rings. The monoisotopic (exact) mass is 321 g/mol. The Morgan fingerprint density at radius 1 is 1.08 bits per heavy atom. The van der Waals surface area contributed by atoms with E-state index in [2.05, 4.69) is 10.1 Å². The molecule has 0 aliphatic heterocycles. The van der Waals surface area contributed by atoms with Gasteiger partial charge in [0.2, 0.25) is 0 Å². The lowest BCUT2D eigenvalue weighted by atomic mass is 10.1. The number of amides is 1. The Labute approximate surface area is 140 Å². The van der Waals surface area contributed by atoms with Gasteiger partial charge in [-0.1, -0.05) is 41.1 Å². The molecule has 1 aromatic heterocycles. The number of carbonyl (C=O) groups is 1. The van der Waals surface area contributed by atoms with Crippen LogP contribution in [0.5, 0.6) is 0 Å². The molecule has 0 bridgehead atoms. The van der Waals surface area contributed by atoms with E-state index in [1.807, 2.05) is 61.5 Å². The predicted octanol–water partition coefficient (Wildman–Crippen LogP) is 3.36. The number of likely N-dealkylation sites (N-methyl/N-ethyl adjacent to an activating group) is 1. The second-order valence-corrected chi connectivity index (χ2v) is 5.72. The summed E-state index contributed by atoms with van der Waals surface area (Å²) in [7, 11) is 1.78. The van der Waals surface area contributed by atoms with Gasteiger partial charge in [-0.05, 0) is 31.2 Å². The molecule has 0 saturated carbocycles. The Morgan fingerprint density at radius 2 is 1.79 bits per heavy atom. The van der Waals surface area contributed by atoms with Crippen molar-refractivity contribution < 1.29 is 9.32 Å². The number of hydrogen-bond donors (Lipinski definition) is 0. The fourth-order valence-corrected chi connectivity index (χ4v) is 2.34. The molecule has 0 atom stereocenters. The van der Waals surface area contributed by atoms with Crippen LogP contribution in [0.2, 0.25) is 0 Å². The van der Waals surface area contributed by atoms with Gasteiger partial charge in [-0.3, -0.25) is 4.79 Å². The maximum absolute atomic E-state index is 12.4. The lowest BCUT2D eigenvalue weighted by Gasteiger charge is -2.16. The highest BCUT2D eigenvalue weighted by Gasteiger charge is 2.13. The highest BCUT2D eigenvalue weighted by atomic mass is 16.5. The Morgan fingerprint density at radius 3 is 2.50 bits per heavy atom. The maximum Gasteiger partial charge on any atom is 0.257 e. The van der Waals surface area contributed by atoms with Crippen LogP contribution in [0.3, 0.4) is 0 Å². The number of carbonyl (C=O) groups excluding carboxylic acids is 1. The third-order valence-electron chi connectivity index (χ3n) is 3.80. The van der Waals surface area contributed by atoms with E-state index in [4.69, 9.17) is 4.52 Å². The smallest absolute Gasteiger partial charge is 0.257 e. The van der Waals surface area contributed by atoms with Crippen LogP contribution in [-0.2, 0) is 6.42 Å². The van der Waals surface area contributed by atoms with Gasteiger partial charge in [0.1, 0.15) is 0 Å². The van der Waals surface area contributed by atoms with Crippen LogP contribution in [0.15, 0.2) is 59.1 Å². The number of hydrogen-bond acceptors (Lipinski definition) is 4. The van der Waals surface area contributed by atoms with Crippen molar-refractivity contribution in [3.8, 4) is 11.5 Å². The van der Waals surface area contributed by atoms with Crippen molar-refractivity contribution in [2.45, 2.75) is 13.3 Å². The molecule has 2 aromatic carbocycles. The topological polar surface area (TPSA) is 59.2 Å². The first-order valence-corrected chi connectivity index (χ1v) is 7.83. The van der Waals surface area contributed by atoms with Crippen LogP contribution in [0.4, 0.5) is 0 Å². The number of nitrogens with zero attached hydrogens (tertiary/aromatic N) is 3. The fraction of sp³-hybridized carbons (Fsp3) is 0.211. The zero-order valence-electron chi connectivity index (χ0n) is 13.8. The minimum absolute atomic E-state index is 0.0122. The van der Waals surface area contributed by atoms with Gasteiger partial charge in [0.15, 0.2) is 5.82 Å². The molecule has 24 heavy (non-hydrogen) atoms. The number of benzene rings is 2. The molecular formula is C19H19N3O2. The first-order chi connectivity index (χ1) is 11.6. The van der Waals surface area contributed by atoms with Gasteiger partial charge in [-0.2, -0.15) is 4.98 Å². The predicted molar refractivity (Wildman–Crippen MR) is 91.6 cm³/mol. The van der Waals surface area contributed by atoms with E-state index in [-0.39, 0.29) is 5.91 Å². The van der Waals surface area contributed by atoms with Gasteiger partial charge in [0, 0.05) is 31.1 Å². The molecule has 0 aliphatic rings. The summed E-state index contributed by atoms with van der Waals surface area (Å²) in [6.45, 7) is 2.53. The molecule has 1 amide bonds. The highest BCUT2D eigenvalue weighted by molar-refractivity contribution is 5.94. The van der Waals surface area contributed by atoms with E-state index in [9.17, 15) is 4.79 Å². The minimum atomic E-state index is -0.0122. The van der Waals surface area contributed by atoms with Crippen LogP contribution in [0.1, 0.15) is 21.7 Å². The van der Waals surface area contributed by atoms with Crippen molar-refractivity contribution in [2.24, 2.45) is 0 Å². The molecule has 0 spiro atoms. The standard InChI is InChI=1S/C19H19N3O2/c1-14-8-10-16(11-9-14)19(23)22(2)13-12-17-20-18(24-21-17)15-6-4-3-5-7-15/h3-11H,12-13H2,1-2H3. The molecule has 0 N–H and O–H groups in total. The molecule has 3 aromatic rings. The van der Waals surface area contributed by atoms with E-state index in [1.54, 1.807) is 11.9 Å². The molecule has 3 rings (SSSR count). The zero-order chi connectivity index (χ0) is 16.9. The van der Waals surface area contributed by atoms with E-state index in [1.165, 1.54) is 0 Å². The number of aromatic nitrogens is 2. The lowest BCUT2D eigenvalue weighted by molar-refractivity contribution is 0.0796. The molecule has 1 heterocycles. The summed E-state index contributed by atoms with van der Waals surface area (Å²) in [6, 6.07) is 17.2. The lowest BCUT2D eigenvalue weighted by Crippen LogP contribution is -2.29. The van der Waals surface area contributed by atoms with Crippen LogP contribution in [-0.4, -0.2) is 34.5 Å². The normalized spacial score (nSPS) is 10.6. The fourth-order valence-electron chi connectivity index (χ4n) is 2.34. The van der Waals surface area contributed by atoms with E-state index in [0.29, 0.717) is 30.2 Å². The van der Waals surface area contributed by atoms with Crippen molar-refractivity contribution >= 4 is 5.91 Å². The second-order valence-electron chi connectivity index (χ2n) is 5.72. The first-order valence-electron chi connectivity index (χ1n) is 7.83.